The monoisotopic (exact) mass is 558 g/mol. The third kappa shape index (κ3) is 2.44. The second-order valence-corrected chi connectivity index (χ2v) is 9.52. The summed E-state index contributed by atoms with van der Waals surface area (Å²) in [7, 11) is 0. The number of allylic oxidation sites excluding steroid dienone is 4. The van der Waals surface area contributed by atoms with Gasteiger partial charge < -0.3 is 10.2 Å². The van der Waals surface area contributed by atoms with Crippen LogP contribution >= 0.6 is 63.7 Å². The smallest absolute Gasteiger partial charge is 0.127 e. The molecule has 0 radical (unpaired) electrons. The van der Waals surface area contributed by atoms with E-state index >= 15 is 0 Å². The SMILES string of the molecule is CC1=C(Br)C=C(Br)C(C)C1(O)C1(O)C(C)=C(Br)C=C(Br)C1C. The maximum Gasteiger partial charge on any atom is 0.127 e. The molecule has 2 aliphatic rings. The Morgan fingerprint density at radius 1 is 0.773 bits per heavy atom. The highest BCUT2D eigenvalue weighted by molar-refractivity contribution is 9.12. The van der Waals surface area contributed by atoms with Gasteiger partial charge in [-0.2, -0.15) is 0 Å². The summed E-state index contributed by atoms with van der Waals surface area (Å²) in [6.07, 6.45) is 3.87. The molecule has 0 aromatic heterocycles. The number of hydrogen-bond acceptors (Lipinski definition) is 2. The van der Waals surface area contributed by atoms with Crippen LogP contribution in [0.5, 0.6) is 0 Å². The minimum atomic E-state index is -1.44. The molecule has 6 heteroatoms. The van der Waals surface area contributed by atoms with Crippen molar-refractivity contribution in [2.45, 2.75) is 38.9 Å². The van der Waals surface area contributed by atoms with E-state index in [-0.39, 0.29) is 11.8 Å². The number of rotatable bonds is 1. The second-order valence-electron chi connectivity index (χ2n) is 5.98. The summed E-state index contributed by atoms with van der Waals surface area (Å²) in [5.74, 6) is -0.565. The largest absolute Gasteiger partial charge is 0.381 e. The third-order valence-corrected chi connectivity index (χ3v) is 8.53. The molecule has 4 atom stereocenters. The van der Waals surface area contributed by atoms with Gasteiger partial charge in [0.05, 0.1) is 0 Å². The van der Waals surface area contributed by atoms with E-state index in [1.165, 1.54) is 0 Å². The fraction of sp³-hybridized carbons (Fsp3) is 0.500. The van der Waals surface area contributed by atoms with Crippen LogP contribution in [0.25, 0.3) is 0 Å². The van der Waals surface area contributed by atoms with E-state index in [9.17, 15) is 10.2 Å². The van der Waals surface area contributed by atoms with E-state index < -0.39 is 11.2 Å². The summed E-state index contributed by atoms with van der Waals surface area (Å²) in [5.41, 5.74) is -1.43. The summed E-state index contributed by atoms with van der Waals surface area (Å²) in [5, 5.41) is 23.4. The Bertz CT molecular complexity index is 591. The first-order valence-electron chi connectivity index (χ1n) is 6.92. The Kier molecular flexibility index (Phi) is 5.45. The molecule has 0 saturated carbocycles. The van der Waals surface area contributed by atoms with E-state index in [2.05, 4.69) is 63.7 Å². The lowest BCUT2D eigenvalue weighted by atomic mass is 9.60. The van der Waals surface area contributed by atoms with Crippen molar-refractivity contribution < 1.29 is 10.2 Å². The first-order chi connectivity index (χ1) is 9.99. The van der Waals surface area contributed by atoms with Gasteiger partial charge in [0.2, 0.25) is 0 Å². The molecule has 2 aliphatic carbocycles. The lowest BCUT2D eigenvalue weighted by Gasteiger charge is -2.54. The first-order valence-corrected chi connectivity index (χ1v) is 10.1. The van der Waals surface area contributed by atoms with Crippen LogP contribution in [0.4, 0.5) is 0 Å². The van der Waals surface area contributed by atoms with E-state index in [4.69, 9.17) is 0 Å². The predicted molar refractivity (Wildman–Crippen MR) is 106 cm³/mol. The molecule has 0 amide bonds. The zero-order valence-electron chi connectivity index (χ0n) is 12.7. The minimum Gasteiger partial charge on any atom is -0.381 e. The molecule has 2 rings (SSSR count). The highest BCUT2D eigenvalue weighted by Gasteiger charge is 2.61. The van der Waals surface area contributed by atoms with E-state index in [0.29, 0.717) is 0 Å². The lowest BCUT2D eigenvalue weighted by molar-refractivity contribution is -0.146. The molecule has 0 fully saturated rings. The van der Waals surface area contributed by atoms with Crippen LogP contribution < -0.4 is 0 Å². The molecule has 2 nitrogen and oxygen atoms in total. The fourth-order valence-electron chi connectivity index (χ4n) is 3.35. The molecule has 0 saturated heterocycles. The highest BCUT2D eigenvalue weighted by Crippen LogP contribution is 2.56. The van der Waals surface area contributed by atoms with Gasteiger partial charge in [-0.25, -0.2) is 0 Å². The Morgan fingerprint density at radius 2 is 1.05 bits per heavy atom. The summed E-state index contributed by atoms with van der Waals surface area (Å²) in [4.78, 5) is 0. The van der Waals surface area contributed by atoms with Gasteiger partial charge in [-0.05, 0) is 37.1 Å². The van der Waals surface area contributed by atoms with E-state index in [0.717, 1.165) is 29.1 Å². The molecule has 0 aliphatic heterocycles. The van der Waals surface area contributed by atoms with Crippen molar-refractivity contribution in [2.24, 2.45) is 11.8 Å². The minimum absolute atomic E-state index is 0.283. The fourth-order valence-corrected chi connectivity index (χ4v) is 6.19. The van der Waals surface area contributed by atoms with Crippen molar-refractivity contribution in [1.82, 2.24) is 0 Å². The molecule has 0 bridgehead atoms. The lowest BCUT2D eigenvalue weighted by Crippen LogP contribution is -2.64. The number of halogens is 4. The Hall–Kier alpha value is 0.800. The average Bonchev–Trinajstić information content (AvgIpc) is 2.46. The van der Waals surface area contributed by atoms with Gasteiger partial charge in [-0.1, -0.05) is 77.6 Å². The van der Waals surface area contributed by atoms with Crippen LogP contribution in [-0.4, -0.2) is 21.4 Å². The van der Waals surface area contributed by atoms with Crippen LogP contribution in [0.15, 0.2) is 41.2 Å². The van der Waals surface area contributed by atoms with Gasteiger partial charge in [-0.15, -0.1) is 0 Å². The maximum absolute atomic E-state index is 11.7. The van der Waals surface area contributed by atoms with E-state index in [1.54, 1.807) is 0 Å². The summed E-state index contributed by atoms with van der Waals surface area (Å²) in [6, 6.07) is 0. The topological polar surface area (TPSA) is 40.5 Å². The zero-order valence-corrected chi connectivity index (χ0v) is 19.1. The molecule has 0 aromatic rings. The quantitative estimate of drug-likeness (QED) is 0.435. The molecule has 0 heterocycles. The van der Waals surface area contributed by atoms with Crippen LogP contribution in [0.3, 0.4) is 0 Å². The van der Waals surface area contributed by atoms with Crippen molar-refractivity contribution in [3.8, 4) is 0 Å². The molecular weight excluding hydrogens is 544 g/mol. The van der Waals surface area contributed by atoms with Gasteiger partial charge in [0.15, 0.2) is 0 Å². The molecule has 2 N–H and O–H groups in total. The van der Waals surface area contributed by atoms with Crippen molar-refractivity contribution >= 4 is 63.7 Å². The highest BCUT2D eigenvalue weighted by atomic mass is 79.9. The third-order valence-electron chi connectivity index (χ3n) is 5.05. The number of aliphatic hydroxyl groups is 2. The predicted octanol–water partition coefficient (Wildman–Crippen LogP) is 5.64. The summed E-state index contributed by atoms with van der Waals surface area (Å²) >= 11 is 14.1. The van der Waals surface area contributed by atoms with Gasteiger partial charge >= 0.3 is 0 Å². The van der Waals surface area contributed by atoms with Crippen molar-refractivity contribution in [1.29, 1.82) is 0 Å². The molecular formula is C16H18Br4O2. The van der Waals surface area contributed by atoms with Gasteiger partial charge in [0, 0.05) is 29.8 Å². The van der Waals surface area contributed by atoms with Crippen molar-refractivity contribution in [2.75, 3.05) is 0 Å². The van der Waals surface area contributed by atoms with Gasteiger partial charge in [-0.3, -0.25) is 0 Å². The van der Waals surface area contributed by atoms with Crippen LogP contribution in [0, 0.1) is 11.8 Å². The van der Waals surface area contributed by atoms with E-state index in [1.807, 2.05) is 39.8 Å². The van der Waals surface area contributed by atoms with Crippen LogP contribution in [0.2, 0.25) is 0 Å². The first kappa shape index (κ1) is 19.1. The van der Waals surface area contributed by atoms with Crippen LogP contribution in [0.1, 0.15) is 27.7 Å². The molecule has 22 heavy (non-hydrogen) atoms. The molecule has 122 valence electrons. The average molecular weight is 562 g/mol. The number of hydrogen-bond donors (Lipinski definition) is 2. The summed E-state index contributed by atoms with van der Waals surface area (Å²) < 4.78 is 3.27. The molecule has 4 unspecified atom stereocenters. The Labute approximate surface area is 165 Å². The second kappa shape index (κ2) is 6.26. The maximum atomic E-state index is 11.7. The van der Waals surface area contributed by atoms with Crippen molar-refractivity contribution in [3.63, 3.8) is 0 Å². The van der Waals surface area contributed by atoms with Gasteiger partial charge in [0.1, 0.15) is 11.2 Å². The standard InChI is InChI=1S/C16H18Br4O2/c1-7-11(17)5-12(18)8(2)15(7,21)16(22)9(3)13(19)6-14(20)10(16)4/h5-7,9,21-22H,1-4H3. The molecule has 0 spiro atoms. The van der Waals surface area contributed by atoms with Crippen molar-refractivity contribution in [3.05, 3.63) is 41.2 Å². The normalized spacial score (nSPS) is 39.9. The Morgan fingerprint density at radius 3 is 1.32 bits per heavy atom. The molecule has 0 aromatic carbocycles. The van der Waals surface area contributed by atoms with Gasteiger partial charge in [0.25, 0.3) is 0 Å². The van der Waals surface area contributed by atoms with Crippen LogP contribution in [-0.2, 0) is 0 Å². The zero-order chi connectivity index (χ0) is 17.0. The summed E-state index contributed by atoms with van der Waals surface area (Å²) in [6.45, 7) is 7.55. The Balaban J connectivity index is 2.77.